The highest BCUT2D eigenvalue weighted by Crippen LogP contribution is 2.53. The van der Waals surface area contributed by atoms with E-state index < -0.39 is 30.4 Å². The molecule has 8 nitrogen and oxygen atoms in total. The van der Waals surface area contributed by atoms with Gasteiger partial charge < -0.3 is 29.2 Å². The van der Waals surface area contributed by atoms with Crippen molar-refractivity contribution in [2.75, 3.05) is 6.61 Å². The molecule has 0 unspecified atom stereocenters. The van der Waals surface area contributed by atoms with Gasteiger partial charge in [0.1, 0.15) is 18.0 Å². The molecule has 3 aliphatic rings. The first-order valence-electron chi connectivity index (χ1n) is 14.2. The number of unbranched alkanes of at least 4 members (excludes halogenated alkanes) is 3. The second-order valence-corrected chi connectivity index (χ2v) is 12.0. The Balaban J connectivity index is 1.43. The maximum Gasteiger partial charge on any atom is 0.309 e. The second kappa shape index (κ2) is 12.3. The Kier molecular flexibility index (Phi) is 9.37. The molecule has 3 bridgehead atoms. The minimum Gasteiger partial charge on any atom is -0.508 e. The van der Waals surface area contributed by atoms with Crippen molar-refractivity contribution in [1.29, 1.82) is 0 Å². The van der Waals surface area contributed by atoms with Gasteiger partial charge in [-0.2, -0.15) is 0 Å². The van der Waals surface area contributed by atoms with E-state index in [4.69, 9.17) is 18.9 Å². The maximum absolute atomic E-state index is 12.8. The van der Waals surface area contributed by atoms with Gasteiger partial charge in [0.2, 0.25) is 0 Å². The highest BCUT2D eigenvalue weighted by molar-refractivity contribution is 5.73. The normalized spacial score (nSPS) is 33.4. The number of ether oxygens (including phenoxy) is 4. The average molecular weight is 533 g/mol. The van der Waals surface area contributed by atoms with Gasteiger partial charge in [-0.3, -0.25) is 9.59 Å². The van der Waals surface area contributed by atoms with Crippen molar-refractivity contribution in [2.24, 2.45) is 11.3 Å². The molecule has 3 heterocycles. The van der Waals surface area contributed by atoms with E-state index in [1.54, 1.807) is 6.07 Å². The molecule has 212 valence electrons. The number of esters is 2. The molecule has 0 aromatic heterocycles. The van der Waals surface area contributed by atoms with Crippen molar-refractivity contribution in [2.45, 2.75) is 122 Å². The lowest BCUT2D eigenvalue weighted by Gasteiger charge is -2.57. The number of carbonyl (C=O) groups is 2. The van der Waals surface area contributed by atoms with E-state index >= 15 is 0 Å². The fraction of sp³-hybridized carbons (Fsp3) is 0.733. The number of benzene rings is 1. The fourth-order valence-corrected chi connectivity index (χ4v) is 6.12. The molecule has 3 saturated heterocycles. The summed E-state index contributed by atoms with van der Waals surface area (Å²) in [5, 5.41) is 19.3. The van der Waals surface area contributed by atoms with Crippen molar-refractivity contribution in [3.63, 3.8) is 0 Å². The molecule has 0 amide bonds. The number of phenols is 1. The monoisotopic (exact) mass is 532 g/mol. The summed E-state index contributed by atoms with van der Waals surface area (Å²) in [6, 6.07) is 7.42. The van der Waals surface area contributed by atoms with Crippen LogP contribution >= 0.6 is 0 Å². The summed E-state index contributed by atoms with van der Waals surface area (Å²) in [4.78, 5) is 25.3. The molecule has 6 atom stereocenters. The minimum atomic E-state index is -0.955. The summed E-state index contributed by atoms with van der Waals surface area (Å²) in [7, 11) is 0. The molecule has 8 heteroatoms. The largest absolute Gasteiger partial charge is 0.508 e. The SMILES string of the molecule is C[C@H]1[C@@H]2C[C@@]3(O[C@H](CCC3(C)C)CC(=O)O[C@@H](CO)CC(=O)O2)O[C@@H]1CCCCCCc1cccc(O)c1. The van der Waals surface area contributed by atoms with Gasteiger partial charge in [0.25, 0.3) is 0 Å². The molecule has 4 rings (SSSR count). The van der Waals surface area contributed by atoms with Gasteiger partial charge in [0.05, 0.1) is 31.7 Å². The van der Waals surface area contributed by atoms with E-state index in [9.17, 15) is 19.8 Å². The van der Waals surface area contributed by atoms with Crippen LogP contribution in [0.2, 0.25) is 0 Å². The summed E-state index contributed by atoms with van der Waals surface area (Å²) in [5.41, 5.74) is 0.822. The third-order valence-electron chi connectivity index (χ3n) is 8.65. The number of aliphatic hydroxyl groups is 1. The molecule has 0 saturated carbocycles. The van der Waals surface area contributed by atoms with Crippen molar-refractivity contribution >= 4 is 11.9 Å². The lowest BCUT2D eigenvalue weighted by molar-refractivity contribution is -0.381. The van der Waals surface area contributed by atoms with Crippen LogP contribution in [0.5, 0.6) is 5.75 Å². The molecule has 3 fully saturated rings. The van der Waals surface area contributed by atoms with Gasteiger partial charge in [-0.1, -0.05) is 52.2 Å². The molecule has 0 radical (unpaired) electrons. The van der Waals surface area contributed by atoms with E-state index in [-0.39, 0.29) is 42.5 Å². The van der Waals surface area contributed by atoms with E-state index in [0.717, 1.165) is 50.5 Å². The van der Waals surface area contributed by atoms with Crippen molar-refractivity contribution in [3.8, 4) is 5.75 Å². The molecular weight excluding hydrogens is 488 g/mol. The van der Waals surface area contributed by atoms with Crippen molar-refractivity contribution in [1.82, 2.24) is 0 Å². The molecule has 0 aliphatic carbocycles. The first-order chi connectivity index (χ1) is 18.1. The molecular formula is C30H44O8. The average Bonchev–Trinajstić information content (AvgIpc) is 2.85. The number of aliphatic hydroxyl groups excluding tert-OH is 1. The molecule has 3 aliphatic heterocycles. The third kappa shape index (κ3) is 6.88. The van der Waals surface area contributed by atoms with Gasteiger partial charge >= 0.3 is 11.9 Å². The molecule has 1 spiro atoms. The number of rotatable bonds is 8. The lowest BCUT2D eigenvalue weighted by atomic mass is 9.70. The highest BCUT2D eigenvalue weighted by atomic mass is 16.7. The van der Waals surface area contributed by atoms with Crippen LogP contribution in [0, 0.1) is 11.3 Å². The smallest absolute Gasteiger partial charge is 0.309 e. The Morgan fingerprint density at radius 1 is 1.00 bits per heavy atom. The predicted octanol–water partition coefficient (Wildman–Crippen LogP) is 4.82. The minimum absolute atomic E-state index is 0.0188. The number of hydrogen-bond acceptors (Lipinski definition) is 8. The zero-order valence-electron chi connectivity index (χ0n) is 23.0. The Morgan fingerprint density at radius 2 is 1.76 bits per heavy atom. The van der Waals surface area contributed by atoms with Gasteiger partial charge in [0.15, 0.2) is 5.79 Å². The summed E-state index contributed by atoms with van der Waals surface area (Å²) in [6.07, 6.45) is 5.97. The van der Waals surface area contributed by atoms with Crippen LogP contribution in [0.25, 0.3) is 0 Å². The van der Waals surface area contributed by atoms with E-state index in [1.807, 2.05) is 18.2 Å². The molecule has 2 N–H and O–H groups in total. The van der Waals surface area contributed by atoms with Crippen LogP contribution in [0.15, 0.2) is 24.3 Å². The van der Waals surface area contributed by atoms with Gasteiger partial charge in [-0.05, 0) is 49.8 Å². The summed E-state index contributed by atoms with van der Waals surface area (Å²) < 4.78 is 24.7. The van der Waals surface area contributed by atoms with E-state index in [2.05, 4.69) is 20.8 Å². The standard InChI is InChI=1S/C30H44O8/c1-20-25(12-7-5-4-6-9-21-10-8-11-22(32)15-21)38-30-18-26(20)36-28(34)17-24(19-31)35-27(33)16-23(37-30)13-14-29(30,2)3/h8,10-11,15,20,23-26,31-32H,4-7,9,12-14,16-19H2,1-3H3/t20-,23-,24-,25-,26+,30-/m1/s1. The number of fused-ring (bicyclic) bond motifs is 2. The molecule has 38 heavy (non-hydrogen) atoms. The van der Waals surface area contributed by atoms with Crippen LogP contribution in [-0.4, -0.2) is 59.0 Å². The third-order valence-corrected chi connectivity index (χ3v) is 8.65. The fourth-order valence-electron chi connectivity index (χ4n) is 6.12. The van der Waals surface area contributed by atoms with Crippen LogP contribution in [0.4, 0.5) is 0 Å². The van der Waals surface area contributed by atoms with E-state index in [0.29, 0.717) is 18.6 Å². The lowest BCUT2D eigenvalue weighted by Crippen LogP contribution is -2.63. The van der Waals surface area contributed by atoms with Crippen molar-refractivity contribution < 1.29 is 38.7 Å². The Bertz CT molecular complexity index is 961. The second-order valence-electron chi connectivity index (χ2n) is 12.0. The number of hydrogen-bond donors (Lipinski definition) is 2. The number of aromatic hydroxyl groups is 1. The summed E-state index contributed by atoms with van der Waals surface area (Å²) in [5.74, 6) is -1.64. The Hall–Kier alpha value is -2.16. The van der Waals surface area contributed by atoms with Crippen LogP contribution in [0.1, 0.15) is 90.5 Å². The van der Waals surface area contributed by atoms with Gasteiger partial charge in [0, 0.05) is 17.8 Å². The van der Waals surface area contributed by atoms with Crippen LogP contribution in [0.3, 0.4) is 0 Å². The number of carbonyl (C=O) groups excluding carboxylic acids is 2. The molecule has 1 aromatic carbocycles. The molecule has 1 aromatic rings. The zero-order chi connectivity index (χ0) is 27.3. The Morgan fingerprint density at radius 3 is 2.53 bits per heavy atom. The van der Waals surface area contributed by atoms with Crippen molar-refractivity contribution in [3.05, 3.63) is 29.8 Å². The number of cyclic esters (lactones) is 1. The highest BCUT2D eigenvalue weighted by Gasteiger charge is 2.58. The topological polar surface area (TPSA) is 112 Å². The van der Waals surface area contributed by atoms with Gasteiger partial charge in [-0.15, -0.1) is 0 Å². The van der Waals surface area contributed by atoms with Gasteiger partial charge in [-0.25, -0.2) is 0 Å². The quantitative estimate of drug-likeness (QED) is 0.362. The van der Waals surface area contributed by atoms with Crippen LogP contribution < -0.4 is 0 Å². The summed E-state index contributed by atoms with van der Waals surface area (Å²) in [6.45, 7) is 5.89. The number of aryl methyl sites for hydroxylation is 1. The van der Waals surface area contributed by atoms with E-state index in [1.165, 1.54) is 0 Å². The predicted molar refractivity (Wildman–Crippen MR) is 140 cm³/mol. The Labute approximate surface area is 226 Å². The number of phenolic OH excluding ortho intramolecular Hbond substituents is 1. The first-order valence-corrected chi connectivity index (χ1v) is 14.2. The summed E-state index contributed by atoms with van der Waals surface area (Å²) >= 11 is 0. The van der Waals surface area contributed by atoms with Crippen LogP contribution in [-0.2, 0) is 35.0 Å². The zero-order valence-corrected chi connectivity index (χ0v) is 23.0. The maximum atomic E-state index is 12.8. The first kappa shape index (κ1) is 28.8.